The molecule has 1 heterocycles. The fourth-order valence-electron chi connectivity index (χ4n) is 3.02. The van der Waals surface area contributed by atoms with Crippen LogP contribution in [0.25, 0.3) is 0 Å². The number of carbonyl (C=O) groups is 3. The van der Waals surface area contributed by atoms with Gasteiger partial charge < -0.3 is 34.9 Å². The Balaban J connectivity index is 0.000000314. The number of carboxylic acids is 2. The van der Waals surface area contributed by atoms with Crippen LogP contribution in [0.4, 0.5) is 0 Å². The highest BCUT2D eigenvalue weighted by Crippen LogP contribution is 2.12. The summed E-state index contributed by atoms with van der Waals surface area (Å²) in [5, 5.41) is 34.1. The van der Waals surface area contributed by atoms with Gasteiger partial charge in [-0.2, -0.15) is 0 Å². The van der Waals surface area contributed by atoms with Crippen molar-refractivity contribution in [2.45, 2.75) is 44.1 Å². The maximum Gasteiger partial charge on any atom is 0.364 e. The molecular formula is C18H25NO8. The monoisotopic (exact) mass is 383 g/mol. The first-order valence-corrected chi connectivity index (χ1v) is 8.48. The number of ether oxygens (including phenoxy) is 1. The maximum atomic E-state index is 11.7. The van der Waals surface area contributed by atoms with Gasteiger partial charge in [-0.05, 0) is 6.92 Å². The zero-order chi connectivity index (χ0) is 20.6. The fourth-order valence-corrected chi connectivity index (χ4v) is 3.02. The van der Waals surface area contributed by atoms with Crippen molar-refractivity contribution in [2.24, 2.45) is 0 Å². The summed E-state index contributed by atoms with van der Waals surface area (Å²) in [6.07, 6.45) is -2.66. The van der Waals surface area contributed by atoms with E-state index in [0.717, 1.165) is 19.4 Å². The number of carbonyl (C=O) groups excluding carboxylic acids is 2. The Morgan fingerprint density at radius 1 is 1.19 bits per heavy atom. The van der Waals surface area contributed by atoms with Crippen LogP contribution in [-0.2, 0) is 19.1 Å². The summed E-state index contributed by atoms with van der Waals surface area (Å²) in [7, 11) is 1.48. The molecule has 9 heteroatoms. The van der Waals surface area contributed by atoms with E-state index in [9.17, 15) is 19.5 Å². The second kappa shape index (κ2) is 10.6. The van der Waals surface area contributed by atoms with Crippen LogP contribution in [-0.4, -0.2) is 65.1 Å². The lowest BCUT2D eigenvalue weighted by Crippen LogP contribution is -3.14. The molecule has 4 N–H and O–H groups in total. The fraction of sp³-hybridized carbons (Fsp3) is 0.500. The van der Waals surface area contributed by atoms with E-state index < -0.39 is 24.1 Å². The van der Waals surface area contributed by atoms with Crippen LogP contribution >= 0.6 is 0 Å². The highest BCUT2D eigenvalue weighted by molar-refractivity contribution is 5.82. The number of benzene rings is 1. The van der Waals surface area contributed by atoms with Crippen LogP contribution in [0, 0.1) is 0 Å². The van der Waals surface area contributed by atoms with Crippen LogP contribution in [0.5, 0.6) is 0 Å². The molecule has 1 unspecified atom stereocenters. The van der Waals surface area contributed by atoms with Gasteiger partial charge in [0.05, 0.1) is 19.6 Å². The van der Waals surface area contributed by atoms with E-state index in [0.29, 0.717) is 6.04 Å². The zero-order valence-electron chi connectivity index (χ0n) is 15.2. The molecule has 1 aliphatic rings. The molecule has 0 aliphatic carbocycles. The third-order valence-corrected chi connectivity index (χ3v) is 4.54. The number of hydrogen-bond donors (Lipinski definition) is 4. The Hall–Kier alpha value is -2.49. The topological polar surface area (TPSA) is 149 Å². The Morgan fingerprint density at radius 2 is 1.78 bits per heavy atom. The molecule has 0 radical (unpaired) electrons. The van der Waals surface area contributed by atoms with Crippen molar-refractivity contribution < 1.29 is 44.4 Å². The molecule has 1 aromatic rings. The summed E-state index contributed by atoms with van der Waals surface area (Å²) < 4.78 is 4.89. The van der Waals surface area contributed by atoms with Gasteiger partial charge in [-0.25, -0.2) is 9.59 Å². The molecule has 0 amide bonds. The number of rotatable bonds is 6. The largest absolute Gasteiger partial charge is 0.547 e. The molecule has 0 aromatic heterocycles. The number of esters is 1. The quantitative estimate of drug-likeness (QED) is 0.394. The lowest BCUT2D eigenvalue weighted by molar-refractivity contribution is -0.933. The molecule has 2 rings (SSSR count). The average Bonchev–Trinajstić information content (AvgIpc) is 3.16. The van der Waals surface area contributed by atoms with Crippen molar-refractivity contribution in [2.75, 3.05) is 13.7 Å². The number of methoxy groups -OCH3 is 1. The Kier molecular flexibility index (Phi) is 8.86. The van der Waals surface area contributed by atoms with Crippen molar-refractivity contribution in [3.8, 4) is 0 Å². The van der Waals surface area contributed by atoms with E-state index in [1.807, 2.05) is 6.07 Å². The van der Waals surface area contributed by atoms with Crippen LogP contribution in [0.15, 0.2) is 30.3 Å². The average molecular weight is 383 g/mol. The first-order chi connectivity index (χ1) is 12.7. The molecule has 5 atom stereocenters. The predicted octanol–water partition coefficient (Wildman–Crippen LogP) is -2.49. The van der Waals surface area contributed by atoms with E-state index in [-0.39, 0.29) is 12.0 Å². The molecule has 1 saturated heterocycles. The Labute approximate surface area is 156 Å². The number of nitrogens with one attached hydrogen (secondary N) is 1. The summed E-state index contributed by atoms with van der Waals surface area (Å²) in [4.78, 5) is 32.5. The summed E-state index contributed by atoms with van der Waals surface area (Å²) in [6.45, 7) is 3.24. The van der Waals surface area contributed by atoms with Gasteiger partial charge in [0.15, 0.2) is 12.1 Å². The Morgan fingerprint density at radius 3 is 2.22 bits per heavy atom. The predicted molar refractivity (Wildman–Crippen MR) is 90.4 cm³/mol. The minimum Gasteiger partial charge on any atom is -0.547 e. The van der Waals surface area contributed by atoms with Crippen molar-refractivity contribution in [3.63, 3.8) is 0 Å². The lowest BCUT2D eigenvalue weighted by Gasteiger charge is -2.26. The van der Waals surface area contributed by atoms with E-state index >= 15 is 0 Å². The third-order valence-electron chi connectivity index (χ3n) is 4.54. The number of carboxylic acid groups (broad SMARTS) is 2. The lowest BCUT2D eigenvalue weighted by atomic mass is 10.1. The molecule has 0 bridgehead atoms. The first-order valence-electron chi connectivity index (χ1n) is 8.48. The number of aliphatic hydroxyl groups is 2. The Bertz CT molecular complexity index is 618. The summed E-state index contributed by atoms with van der Waals surface area (Å²) >= 11 is 0. The minimum absolute atomic E-state index is 0.00945. The summed E-state index contributed by atoms with van der Waals surface area (Å²) in [5.74, 6) is -3.90. The molecular weight excluding hydrogens is 358 g/mol. The van der Waals surface area contributed by atoms with Gasteiger partial charge in [0, 0.05) is 18.4 Å². The van der Waals surface area contributed by atoms with E-state index in [2.05, 4.69) is 31.2 Å². The summed E-state index contributed by atoms with van der Waals surface area (Å²) in [6, 6.07) is 10.7. The van der Waals surface area contributed by atoms with Gasteiger partial charge in [-0.15, -0.1) is 0 Å². The standard InChI is InChI=1S/C14H19NO2.C4H6O6/c1-11(12-7-4-3-5-8-12)15-10-6-9-13(15)14(16)17-2;5-1(3(7)8)2(6)4(9)10/h3-5,7-8,11,13H,6,9-10H2,1-2H3;1-2,5-6H,(H,7,8)(H,9,10)/t11-,13-;1-,2-/m01/s1. The minimum atomic E-state index is -2.38. The number of quaternary nitrogens is 1. The maximum absolute atomic E-state index is 11.7. The second-order valence-electron chi connectivity index (χ2n) is 6.22. The normalized spacial score (nSPS) is 21.9. The number of aliphatic carboxylic acids is 2. The van der Waals surface area contributed by atoms with Crippen LogP contribution in [0.3, 0.4) is 0 Å². The summed E-state index contributed by atoms with van der Waals surface area (Å²) in [5.41, 5.74) is 1.29. The van der Waals surface area contributed by atoms with Crippen molar-refractivity contribution in [1.29, 1.82) is 0 Å². The van der Waals surface area contributed by atoms with Crippen LogP contribution < -0.4 is 10.0 Å². The highest BCUT2D eigenvalue weighted by atomic mass is 16.5. The smallest absolute Gasteiger partial charge is 0.364 e. The van der Waals surface area contributed by atoms with E-state index in [1.54, 1.807) is 0 Å². The zero-order valence-corrected chi connectivity index (χ0v) is 15.2. The molecule has 0 saturated carbocycles. The number of aliphatic hydroxyl groups excluding tert-OH is 2. The van der Waals surface area contributed by atoms with Gasteiger partial charge in [0.25, 0.3) is 0 Å². The van der Waals surface area contributed by atoms with E-state index in [4.69, 9.17) is 20.1 Å². The third kappa shape index (κ3) is 6.31. The molecule has 1 fully saturated rings. The van der Waals surface area contributed by atoms with Gasteiger partial charge in [-0.1, -0.05) is 30.3 Å². The molecule has 150 valence electrons. The number of likely N-dealkylation sites (tertiary alicyclic amines) is 1. The van der Waals surface area contributed by atoms with Gasteiger partial charge in [0.2, 0.25) is 0 Å². The van der Waals surface area contributed by atoms with Gasteiger partial charge in [0.1, 0.15) is 12.1 Å². The van der Waals surface area contributed by atoms with Gasteiger partial charge in [-0.3, -0.25) is 0 Å². The highest BCUT2D eigenvalue weighted by Gasteiger charge is 2.38. The molecule has 1 aromatic carbocycles. The second-order valence-corrected chi connectivity index (χ2v) is 6.22. The SMILES string of the molecule is COC(=O)[C@@H]1CCC[NH+]1[C@@H](C)c1ccccc1.O=C([O-])[C@H](O)[C@@H](O)C(=O)O. The van der Waals surface area contributed by atoms with Crippen LogP contribution in [0.1, 0.15) is 31.4 Å². The molecule has 9 nitrogen and oxygen atoms in total. The van der Waals surface area contributed by atoms with Crippen molar-refractivity contribution in [1.82, 2.24) is 0 Å². The first kappa shape index (κ1) is 22.6. The van der Waals surface area contributed by atoms with E-state index in [1.165, 1.54) is 17.6 Å². The van der Waals surface area contributed by atoms with Crippen molar-refractivity contribution >= 4 is 17.9 Å². The molecule has 27 heavy (non-hydrogen) atoms. The molecule has 0 spiro atoms. The molecule has 1 aliphatic heterocycles. The van der Waals surface area contributed by atoms with Crippen molar-refractivity contribution in [3.05, 3.63) is 35.9 Å². The van der Waals surface area contributed by atoms with Crippen LogP contribution in [0.2, 0.25) is 0 Å². The number of hydrogen-bond acceptors (Lipinski definition) is 7. The van der Waals surface area contributed by atoms with Gasteiger partial charge >= 0.3 is 11.9 Å².